The molecule has 0 aromatic heterocycles. The molecule has 242 valence electrons. The van der Waals surface area contributed by atoms with Crippen molar-refractivity contribution in [3.63, 3.8) is 0 Å². The van der Waals surface area contributed by atoms with Crippen molar-refractivity contribution in [2.24, 2.45) is 50.2 Å². The third-order valence-electron chi connectivity index (χ3n) is 14.0. The summed E-state index contributed by atoms with van der Waals surface area (Å²) >= 11 is 0. The lowest BCUT2D eigenvalue weighted by atomic mass is 9.33. The summed E-state index contributed by atoms with van der Waals surface area (Å²) in [5.41, 5.74) is 0.868. The number of allylic oxidation sites excluding steroid dienone is 2. The predicted molar refractivity (Wildman–Crippen MR) is 167 cm³/mol. The van der Waals surface area contributed by atoms with Crippen LogP contribution >= 0.6 is 0 Å². The van der Waals surface area contributed by atoms with E-state index in [1.807, 2.05) is 0 Å². The number of rotatable bonds is 5. The summed E-state index contributed by atoms with van der Waals surface area (Å²) < 4.78 is 17.9. The first-order valence-electron chi connectivity index (χ1n) is 17.1. The molecular formula is C37H58O6. The smallest absolute Gasteiger partial charge is 0.312 e. The first-order chi connectivity index (χ1) is 19.9. The molecule has 0 amide bonds. The van der Waals surface area contributed by atoms with Gasteiger partial charge in [-0.3, -0.25) is 14.4 Å². The topological polar surface area (TPSA) is 78.9 Å². The van der Waals surface area contributed by atoms with E-state index in [-0.39, 0.29) is 50.9 Å². The number of ether oxygens (including phenoxy) is 3. The van der Waals surface area contributed by atoms with Gasteiger partial charge in [0, 0.05) is 19.3 Å². The summed E-state index contributed by atoms with van der Waals surface area (Å²) in [5.74, 6) is 0.320. The number of esters is 3. The number of hydrogen-bond acceptors (Lipinski definition) is 6. The molecule has 4 saturated carbocycles. The van der Waals surface area contributed by atoms with E-state index in [0.717, 1.165) is 57.8 Å². The van der Waals surface area contributed by atoms with Crippen LogP contribution in [-0.4, -0.2) is 36.7 Å². The maximum atomic E-state index is 13.9. The molecule has 0 aromatic rings. The molecule has 0 radical (unpaired) electrons. The average Bonchev–Trinajstić information content (AvgIpc) is 2.89. The van der Waals surface area contributed by atoms with Crippen LogP contribution in [0.25, 0.3) is 0 Å². The van der Waals surface area contributed by atoms with Crippen LogP contribution in [0.3, 0.4) is 0 Å². The van der Waals surface area contributed by atoms with Crippen LogP contribution in [-0.2, 0) is 28.6 Å². The van der Waals surface area contributed by atoms with Crippen molar-refractivity contribution >= 4 is 17.9 Å². The fraction of sp³-hybridized carbons (Fsp3) is 0.865. The molecule has 5 rings (SSSR count). The maximum absolute atomic E-state index is 13.9. The highest BCUT2D eigenvalue weighted by Crippen LogP contribution is 2.76. The van der Waals surface area contributed by atoms with E-state index >= 15 is 0 Å². The fourth-order valence-electron chi connectivity index (χ4n) is 11.8. The molecule has 0 saturated heterocycles. The van der Waals surface area contributed by atoms with Crippen LogP contribution in [0.4, 0.5) is 0 Å². The Hall–Kier alpha value is -1.85. The van der Waals surface area contributed by atoms with Crippen molar-refractivity contribution in [3.8, 4) is 0 Å². The molecule has 0 spiro atoms. The minimum Gasteiger partial charge on any atom is -0.465 e. The summed E-state index contributed by atoms with van der Waals surface area (Å²) in [7, 11) is 0. The highest BCUT2D eigenvalue weighted by atomic mass is 16.6. The molecule has 9 atom stereocenters. The van der Waals surface area contributed by atoms with E-state index in [4.69, 9.17) is 14.2 Å². The summed E-state index contributed by atoms with van der Waals surface area (Å²) in [6.07, 6.45) is 11.2. The second kappa shape index (κ2) is 10.6. The van der Waals surface area contributed by atoms with Crippen molar-refractivity contribution in [1.82, 2.24) is 0 Å². The Labute approximate surface area is 260 Å². The van der Waals surface area contributed by atoms with Crippen LogP contribution in [0.15, 0.2) is 11.6 Å². The summed E-state index contributed by atoms with van der Waals surface area (Å²) in [4.78, 5) is 38.5. The summed E-state index contributed by atoms with van der Waals surface area (Å²) in [5, 5.41) is 0. The molecule has 0 N–H and O–H groups in total. The molecule has 6 heteroatoms. The Morgan fingerprint density at radius 1 is 0.837 bits per heavy atom. The zero-order valence-corrected chi connectivity index (χ0v) is 28.7. The van der Waals surface area contributed by atoms with Gasteiger partial charge in [-0.15, -0.1) is 0 Å². The van der Waals surface area contributed by atoms with Gasteiger partial charge < -0.3 is 14.2 Å². The van der Waals surface area contributed by atoms with E-state index < -0.39 is 17.6 Å². The lowest BCUT2D eigenvalue weighted by molar-refractivity contribution is -0.244. The van der Waals surface area contributed by atoms with E-state index in [2.05, 4.69) is 61.5 Å². The second-order valence-electron chi connectivity index (χ2n) is 17.2. The minimum atomic E-state index is -0.468. The van der Waals surface area contributed by atoms with Gasteiger partial charge in [-0.25, -0.2) is 0 Å². The highest BCUT2D eigenvalue weighted by Gasteiger charge is 2.71. The van der Waals surface area contributed by atoms with E-state index in [9.17, 15) is 14.4 Å². The molecule has 6 nitrogen and oxygen atoms in total. The van der Waals surface area contributed by atoms with Crippen molar-refractivity contribution in [3.05, 3.63) is 11.6 Å². The normalized spacial score (nSPS) is 44.3. The summed E-state index contributed by atoms with van der Waals surface area (Å²) in [6.45, 7) is 22.1. The maximum Gasteiger partial charge on any atom is 0.312 e. The van der Waals surface area contributed by atoms with Gasteiger partial charge in [0.2, 0.25) is 0 Å². The standard InChI is InChI=1S/C37H58O6/c1-11-20-41-31(40)37-18-16-32(4,5)21-26(37)25-12-13-29-34(8)22-27(42-23(2)38)30(43-24(3)39)33(6,7)28(34)14-15-36(29,10)35(25,9)17-19-37/h12,26-30H,11,13-22H2,1-10H3/t26-,27+,28+,29+,30+,34+,35-,36+,37-/m1/s1. The van der Waals surface area contributed by atoms with Gasteiger partial charge in [0.05, 0.1) is 12.0 Å². The zero-order chi connectivity index (χ0) is 31.8. The van der Waals surface area contributed by atoms with Gasteiger partial charge in [0.1, 0.15) is 12.2 Å². The molecular weight excluding hydrogens is 540 g/mol. The quantitative estimate of drug-likeness (QED) is 0.180. The molecule has 0 unspecified atom stereocenters. The molecule has 0 bridgehead atoms. The van der Waals surface area contributed by atoms with Crippen molar-refractivity contribution < 1.29 is 28.6 Å². The highest BCUT2D eigenvalue weighted by molar-refractivity contribution is 5.79. The predicted octanol–water partition coefficient (Wildman–Crippen LogP) is 8.21. The van der Waals surface area contributed by atoms with Crippen molar-refractivity contribution in [2.75, 3.05) is 6.61 Å². The Morgan fingerprint density at radius 3 is 2.12 bits per heavy atom. The van der Waals surface area contributed by atoms with Crippen LogP contribution in [0.5, 0.6) is 0 Å². The SMILES string of the molecule is CCCOC(=O)[C@@]12CCC(C)(C)C[C@@H]1C1=CC[C@H]3[C@@]4(C)C[C@H](OC(C)=O)[C@H](OC(C)=O)C(C)(C)[C@@H]4CC[C@]3(C)[C@]1(C)CC2. The zero-order valence-electron chi connectivity index (χ0n) is 28.7. The van der Waals surface area contributed by atoms with Crippen LogP contribution in [0, 0.1) is 50.2 Å². The molecule has 0 aromatic carbocycles. The summed E-state index contributed by atoms with van der Waals surface area (Å²) in [6, 6.07) is 0. The van der Waals surface area contributed by atoms with Gasteiger partial charge in [0.25, 0.3) is 0 Å². The first kappa shape index (κ1) is 32.5. The Morgan fingerprint density at radius 2 is 1.49 bits per heavy atom. The molecule has 4 fully saturated rings. The number of carbonyl (C=O) groups excluding carboxylic acids is 3. The Kier molecular flexibility index (Phi) is 8.03. The van der Waals surface area contributed by atoms with E-state index in [0.29, 0.717) is 24.9 Å². The van der Waals surface area contributed by atoms with Gasteiger partial charge in [-0.05, 0) is 104 Å². The minimum absolute atomic E-state index is 0.0235. The lowest BCUT2D eigenvalue weighted by Gasteiger charge is -2.71. The Balaban J connectivity index is 1.57. The second-order valence-corrected chi connectivity index (χ2v) is 17.2. The largest absolute Gasteiger partial charge is 0.465 e. The van der Waals surface area contributed by atoms with Gasteiger partial charge in [-0.1, -0.05) is 67.0 Å². The first-order valence-corrected chi connectivity index (χ1v) is 17.1. The molecule has 43 heavy (non-hydrogen) atoms. The van der Waals surface area contributed by atoms with Crippen molar-refractivity contribution in [1.29, 1.82) is 0 Å². The third kappa shape index (κ3) is 4.82. The van der Waals surface area contributed by atoms with Crippen molar-refractivity contribution in [2.45, 2.75) is 146 Å². The van der Waals surface area contributed by atoms with Gasteiger partial charge in [0.15, 0.2) is 0 Å². The molecule has 5 aliphatic rings. The van der Waals surface area contributed by atoms with E-state index in [1.54, 1.807) is 0 Å². The number of hydrogen-bond donors (Lipinski definition) is 0. The van der Waals surface area contributed by atoms with E-state index in [1.165, 1.54) is 19.4 Å². The molecule has 0 heterocycles. The fourth-order valence-corrected chi connectivity index (χ4v) is 11.8. The monoisotopic (exact) mass is 598 g/mol. The third-order valence-corrected chi connectivity index (χ3v) is 14.0. The number of fused-ring (bicyclic) bond motifs is 7. The van der Waals surface area contributed by atoms with Gasteiger partial charge in [-0.2, -0.15) is 0 Å². The van der Waals surface area contributed by atoms with Gasteiger partial charge >= 0.3 is 17.9 Å². The molecule has 5 aliphatic carbocycles. The average molecular weight is 599 g/mol. The van der Waals surface area contributed by atoms with Crippen LogP contribution in [0.2, 0.25) is 0 Å². The number of carbonyl (C=O) groups is 3. The lowest BCUT2D eigenvalue weighted by Crippen LogP contribution is -2.67. The van der Waals surface area contributed by atoms with Crippen LogP contribution < -0.4 is 0 Å². The molecule has 0 aliphatic heterocycles. The van der Waals surface area contributed by atoms with Crippen LogP contribution in [0.1, 0.15) is 133 Å². The Bertz CT molecular complexity index is 1180.